The minimum absolute atomic E-state index is 0.111. The van der Waals surface area contributed by atoms with Crippen LogP contribution in [0.15, 0.2) is 70.6 Å². The van der Waals surface area contributed by atoms with Crippen LogP contribution in [0.4, 0.5) is 0 Å². The van der Waals surface area contributed by atoms with Gasteiger partial charge in [-0.3, -0.25) is 14.3 Å². The van der Waals surface area contributed by atoms with Gasteiger partial charge in [-0.1, -0.05) is 67.2 Å². The Hall–Kier alpha value is -3.66. The highest BCUT2D eigenvalue weighted by Gasteiger charge is 2.22. The van der Waals surface area contributed by atoms with Gasteiger partial charge in [0, 0.05) is 19.5 Å². The van der Waals surface area contributed by atoms with Crippen molar-refractivity contribution in [1.82, 2.24) is 34.9 Å². The zero-order valence-corrected chi connectivity index (χ0v) is 20.2. The van der Waals surface area contributed by atoms with Gasteiger partial charge in [0.25, 0.3) is 5.56 Å². The summed E-state index contributed by atoms with van der Waals surface area (Å²) in [6.07, 6.45) is 0.927. The number of nitrogens with zero attached hydrogens (tertiary/aromatic N) is 6. The second-order valence-corrected chi connectivity index (χ2v) is 8.83. The average molecular weight is 478 g/mol. The van der Waals surface area contributed by atoms with Gasteiger partial charge in [-0.2, -0.15) is 4.68 Å². The van der Waals surface area contributed by atoms with Gasteiger partial charge in [0.05, 0.1) is 17.1 Å². The molecule has 34 heavy (non-hydrogen) atoms. The van der Waals surface area contributed by atoms with Crippen molar-refractivity contribution in [2.45, 2.75) is 31.3 Å². The zero-order chi connectivity index (χ0) is 24.1. The summed E-state index contributed by atoms with van der Waals surface area (Å²) in [6, 6.07) is 19.5. The van der Waals surface area contributed by atoms with E-state index in [2.05, 4.69) is 39.9 Å². The molecular formula is C24H27N7O2S. The molecule has 176 valence electrons. The van der Waals surface area contributed by atoms with Crippen LogP contribution in [-0.4, -0.2) is 47.8 Å². The molecule has 0 aliphatic rings. The Bertz CT molecular complexity index is 1310. The van der Waals surface area contributed by atoms with Crippen LogP contribution in [0.1, 0.15) is 30.5 Å². The Morgan fingerprint density at radius 2 is 1.76 bits per heavy atom. The predicted octanol–water partition coefficient (Wildman–Crippen LogP) is 2.86. The third-order valence-electron chi connectivity index (χ3n) is 5.82. The number of para-hydroxylation sites is 1. The first-order valence-electron chi connectivity index (χ1n) is 11.1. The maximum Gasteiger partial charge on any atom is 0.297 e. The number of tetrazole rings is 1. The second kappa shape index (κ2) is 10.5. The van der Waals surface area contributed by atoms with Gasteiger partial charge in [-0.05, 0) is 41.5 Å². The van der Waals surface area contributed by atoms with Crippen LogP contribution in [-0.2, 0) is 11.8 Å². The van der Waals surface area contributed by atoms with Gasteiger partial charge in [0.1, 0.15) is 0 Å². The highest BCUT2D eigenvalue weighted by Crippen LogP contribution is 2.21. The summed E-state index contributed by atoms with van der Waals surface area (Å²) in [6.45, 7) is 4.51. The largest absolute Gasteiger partial charge is 0.355 e. The molecule has 0 spiro atoms. The summed E-state index contributed by atoms with van der Waals surface area (Å²) in [5.41, 5.74) is 2.78. The fourth-order valence-electron chi connectivity index (χ4n) is 3.85. The van der Waals surface area contributed by atoms with Gasteiger partial charge >= 0.3 is 0 Å². The van der Waals surface area contributed by atoms with Gasteiger partial charge < -0.3 is 5.32 Å². The summed E-state index contributed by atoms with van der Waals surface area (Å²) in [4.78, 5) is 25.8. The Kier molecular flexibility index (Phi) is 7.27. The Morgan fingerprint density at radius 1 is 1.09 bits per heavy atom. The smallest absolute Gasteiger partial charge is 0.297 e. The van der Waals surface area contributed by atoms with Crippen LogP contribution in [0.2, 0.25) is 0 Å². The third kappa shape index (κ3) is 4.81. The van der Waals surface area contributed by atoms with E-state index in [1.165, 1.54) is 22.0 Å². The molecule has 10 heteroatoms. The molecule has 2 aromatic heterocycles. The minimum atomic E-state index is -0.238. The van der Waals surface area contributed by atoms with Crippen molar-refractivity contribution in [3.05, 3.63) is 82.3 Å². The lowest BCUT2D eigenvalue weighted by Crippen LogP contribution is -2.29. The molecule has 0 saturated carbocycles. The number of benzene rings is 2. The lowest BCUT2D eigenvalue weighted by atomic mass is 9.96. The molecule has 1 unspecified atom stereocenters. The van der Waals surface area contributed by atoms with Crippen molar-refractivity contribution < 1.29 is 4.79 Å². The van der Waals surface area contributed by atoms with Gasteiger partial charge in [-0.25, -0.2) is 4.68 Å². The Morgan fingerprint density at radius 3 is 2.44 bits per heavy atom. The molecular weight excluding hydrogens is 450 g/mol. The molecule has 4 rings (SSSR count). The van der Waals surface area contributed by atoms with Gasteiger partial charge in [0.2, 0.25) is 11.1 Å². The maximum atomic E-state index is 13.3. The minimum Gasteiger partial charge on any atom is -0.355 e. The van der Waals surface area contributed by atoms with E-state index in [0.29, 0.717) is 23.1 Å². The monoisotopic (exact) mass is 477 g/mol. The summed E-state index contributed by atoms with van der Waals surface area (Å²) in [5.74, 6) is 0.286. The molecule has 0 radical (unpaired) electrons. The SMILES string of the molecule is CCC(CNC(=O)CSc1nnnn1-c1c(C)n(C)n(-c2ccccc2)c1=O)c1ccccc1. The van der Waals surface area contributed by atoms with E-state index in [1.807, 2.05) is 62.5 Å². The van der Waals surface area contributed by atoms with Crippen LogP contribution in [0, 0.1) is 6.92 Å². The molecule has 4 aromatic rings. The number of hydrogen-bond donors (Lipinski definition) is 1. The molecule has 0 fully saturated rings. The van der Waals surface area contributed by atoms with Crippen LogP contribution in [0.5, 0.6) is 0 Å². The van der Waals surface area contributed by atoms with E-state index in [0.717, 1.165) is 12.1 Å². The number of hydrogen-bond acceptors (Lipinski definition) is 6. The molecule has 0 aliphatic heterocycles. The van der Waals surface area contributed by atoms with E-state index in [1.54, 1.807) is 9.36 Å². The van der Waals surface area contributed by atoms with Gasteiger partial charge in [-0.15, -0.1) is 5.10 Å². The fourth-order valence-corrected chi connectivity index (χ4v) is 4.56. The van der Waals surface area contributed by atoms with Crippen LogP contribution in [0.25, 0.3) is 11.4 Å². The van der Waals surface area contributed by atoms with Crippen molar-refractivity contribution in [3.8, 4) is 11.4 Å². The van der Waals surface area contributed by atoms with Crippen molar-refractivity contribution in [2.24, 2.45) is 7.05 Å². The van der Waals surface area contributed by atoms with Crippen molar-refractivity contribution in [3.63, 3.8) is 0 Å². The molecule has 0 aliphatic carbocycles. The van der Waals surface area contributed by atoms with Crippen LogP contribution >= 0.6 is 11.8 Å². The highest BCUT2D eigenvalue weighted by molar-refractivity contribution is 7.99. The number of thioether (sulfide) groups is 1. The van der Waals surface area contributed by atoms with Crippen molar-refractivity contribution in [1.29, 1.82) is 0 Å². The summed E-state index contributed by atoms with van der Waals surface area (Å²) in [7, 11) is 1.81. The summed E-state index contributed by atoms with van der Waals surface area (Å²) in [5, 5.41) is 15.2. The topological polar surface area (TPSA) is 99.6 Å². The molecule has 1 atom stereocenters. The fraction of sp³-hybridized carbons (Fsp3) is 0.292. The quantitative estimate of drug-likeness (QED) is 0.372. The zero-order valence-electron chi connectivity index (χ0n) is 19.4. The lowest BCUT2D eigenvalue weighted by molar-refractivity contribution is -0.118. The third-order valence-corrected chi connectivity index (χ3v) is 6.74. The second-order valence-electron chi connectivity index (χ2n) is 7.89. The van der Waals surface area contributed by atoms with E-state index in [-0.39, 0.29) is 23.1 Å². The standard InChI is InChI=1S/C24H27N7O2S/c1-4-18(19-11-7-5-8-12-19)15-25-21(32)16-34-24-26-27-28-30(24)22-17(2)29(3)31(23(22)33)20-13-9-6-10-14-20/h5-14,18H,4,15-16H2,1-3H3,(H,25,32). The molecule has 1 N–H and O–H groups in total. The molecule has 9 nitrogen and oxygen atoms in total. The van der Waals surface area contributed by atoms with Crippen LogP contribution in [0.3, 0.4) is 0 Å². The van der Waals surface area contributed by atoms with Crippen LogP contribution < -0.4 is 10.9 Å². The molecule has 0 bridgehead atoms. The Balaban J connectivity index is 1.47. The van der Waals surface area contributed by atoms with Crippen molar-refractivity contribution in [2.75, 3.05) is 12.3 Å². The van der Waals surface area contributed by atoms with Crippen molar-refractivity contribution >= 4 is 17.7 Å². The first-order chi connectivity index (χ1) is 16.5. The van der Waals surface area contributed by atoms with E-state index >= 15 is 0 Å². The van der Waals surface area contributed by atoms with E-state index in [9.17, 15) is 9.59 Å². The average Bonchev–Trinajstić information content (AvgIpc) is 3.40. The number of aromatic nitrogens is 6. The van der Waals surface area contributed by atoms with Gasteiger partial charge in [0.15, 0.2) is 5.69 Å². The number of carbonyl (C=O) groups is 1. The Labute approximate surface area is 201 Å². The maximum absolute atomic E-state index is 13.3. The molecule has 2 heterocycles. The molecule has 0 saturated heterocycles. The summed E-state index contributed by atoms with van der Waals surface area (Å²) < 4.78 is 4.75. The first-order valence-corrected chi connectivity index (χ1v) is 12.1. The first kappa shape index (κ1) is 23.5. The van der Waals surface area contributed by atoms with E-state index in [4.69, 9.17) is 0 Å². The number of carbonyl (C=O) groups excluding carboxylic acids is 1. The number of rotatable bonds is 9. The van der Waals surface area contributed by atoms with E-state index < -0.39 is 0 Å². The molecule has 2 aromatic carbocycles. The predicted molar refractivity (Wildman–Crippen MR) is 132 cm³/mol. The summed E-state index contributed by atoms with van der Waals surface area (Å²) >= 11 is 1.20. The molecule has 1 amide bonds. The number of nitrogens with one attached hydrogen (secondary N) is 1. The normalized spacial score (nSPS) is 12.0. The highest BCUT2D eigenvalue weighted by atomic mass is 32.2. The number of amides is 1. The lowest BCUT2D eigenvalue weighted by Gasteiger charge is -2.16.